The number of para-hydroxylation sites is 1. The molecule has 0 aliphatic rings. The Hall–Kier alpha value is -8.15. The van der Waals surface area contributed by atoms with Gasteiger partial charge < -0.3 is 4.42 Å². The Labute approximate surface area is 327 Å². The Bertz CT molecular complexity index is 3050. The van der Waals surface area contributed by atoms with Gasteiger partial charge in [-0.05, 0) is 35.4 Å². The van der Waals surface area contributed by atoms with Crippen molar-refractivity contribution in [3.63, 3.8) is 0 Å². The van der Waals surface area contributed by atoms with E-state index in [4.69, 9.17) is 34.3 Å². The molecule has 0 fully saturated rings. The average Bonchev–Trinajstić information content (AvgIpc) is 3.69. The maximum absolute atomic E-state index is 9.23. The van der Waals surface area contributed by atoms with Gasteiger partial charge in [-0.15, -0.1) is 0 Å². The molecule has 57 heavy (non-hydrogen) atoms. The quantitative estimate of drug-likeness (QED) is 0.159. The van der Waals surface area contributed by atoms with Crippen LogP contribution in [0.3, 0.4) is 0 Å². The molecule has 7 aromatic carbocycles. The monoisotopic (exact) mass is 731 g/mol. The highest BCUT2D eigenvalue weighted by molar-refractivity contribution is 6.14. The molecular formula is C49H29N7O. The van der Waals surface area contributed by atoms with Crippen molar-refractivity contribution in [2.24, 2.45) is 0 Å². The predicted octanol–water partition coefficient (Wildman–Crippen LogP) is 11.5. The number of benzene rings is 7. The van der Waals surface area contributed by atoms with Gasteiger partial charge in [0, 0.05) is 38.6 Å². The minimum atomic E-state index is 0.485. The van der Waals surface area contributed by atoms with Crippen LogP contribution in [0, 0.1) is 11.3 Å². The Balaban J connectivity index is 1.13. The van der Waals surface area contributed by atoms with Crippen LogP contribution in [0.25, 0.3) is 101 Å². The molecule has 10 aromatic rings. The number of rotatable bonds is 7. The highest BCUT2D eigenvalue weighted by Crippen LogP contribution is 2.40. The molecule has 0 atom stereocenters. The highest BCUT2D eigenvalue weighted by Gasteiger charge is 2.21. The topological polar surface area (TPSA) is 114 Å². The smallest absolute Gasteiger partial charge is 0.167 e. The number of nitriles is 1. The summed E-state index contributed by atoms with van der Waals surface area (Å²) in [6.45, 7) is 0. The van der Waals surface area contributed by atoms with E-state index in [1.807, 2.05) is 176 Å². The third-order valence-corrected chi connectivity index (χ3v) is 9.86. The first kappa shape index (κ1) is 33.4. The van der Waals surface area contributed by atoms with Crippen LogP contribution in [-0.4, -0.2) is 29.9 Å². The maximum Gasteiger partial charge on any atom is 0.167 e. The lowest BCUT2D eigenvalue weighted by molar-refractivity contribution is 0.669. The zero-order valence-electron chi connectivity index (χ0n) is 30.3. The van der Waals surface area contributed by atoms with Gasteiger partial charge in [-0.25, -0.2) is 29.9 Å². The molecule has 0 radical (unpaired) electrons. The number of aromatic nitrogens is 6. The molecule has 0 aliphatic heterocycles. The molecule has 8 heteroatoms. The van der Waals surface area contributed by atoms with Crippen molar-refractivity contribution in [3.05, 3.63) is 181 Å². The summed E-state index contributed by atoms with van der Waals surface area (Å²) >= 11 is 0. The van der Waals surface area contributed by atoms with Crippen molar-refractivity contribution < 1.29 is 4.42 Å². The fourth-order valence-electron chi connectivity index (χ4n) is 7.03. The van der Waals surface area contributed by atoms with Crippen LogP contribution in [-0.2, 0) is 0 Å². The van der Waals surface area contributed by atoms with Crippen LogP contribution >= 0.6 is 0 Å². The van der Waals surface area contributed by atoms with Crippen LogP contribution < -0.4 is 0 Å². The Kier molecular flexibility index (Phi) is 8.36. The Morgan fingerprint density at radius 2 is 0.754 bits per heavy atom. The first-order chi connectivity index (χ1) is 28.2. The van der Waals surface area contributed by atoms with Crippen molar-refractivity contribution in [3.8, 4) is 85.5 Å². The molecule has 3 heterocycles. The third kappa shape index (κ3) is 6.35. The normalized spacial score (nSPS) is 11.1. The molecule has 0 saturated carbocycles. The second-order valence-electron chi connectivity index (χ2n) is 13.4. The maximum atomic E-state index is 9.23. The van der Waals surface area contributed by atoms with E-state index in [2.05, 4.69) is 6.07 Å². The first-order valence-electron chi connectivity index (χ1n) is 18.4. The average molecular weight is 732 g/mol. The van der Waals surface area contributed by atoms with Gasteiger partial charge in [0.25, 0.3) is 0 Å². The summed E-state index contributed by atoms with van der Waals surface area (Å²) in [5.41, 5.74) is 9.05. The fourth-order valence-corrected chi connectivity index (χ4v) is 7.03. The van der Waals surface area contributed by atoms with E-state index in [1.165, 1.54) is 0 Å². The van der Waals surface area contributed by atoms with E-state index in [1.54, 1.807) is 0 Å². The van der Waals surface area contributed by atoms with Crippen molar-refractivity contribution in [2.75, 3.05) is 0 Å². The third-order valence-electron chi connectivity index (χ3n) is 9.86. The van der Waals surface area contributed by atoms with Gasteiger partial charge in [-0.2, -0.15) is 5.26 Å². The van der Waals surface area contributed by atoms with Crippen molar-refractivity contribution >= 4 is 21.9 Å². The summed E-state index contributed by atoms with van der Waals surface area (Å²) in [7, 11) is 0. The lowest BCUT2D eigenvalue weighted by Crippen LogP contribution is -2.00. The van der Waals surface area contributed by atoms with E-state index in [0.29, 0.717) is 51.7 Å². The summed E-state index contributed by atoms with van der Waals surface area (Å²) in [5, 5.41) is 11.0. The minimum Gasteiger partial charge on any atom is -0.455 e. The van der Waals surface area contributed by atoms with E-state index in [9.17, 15) is 5.26 Å². The molecule has 0 unspecified atom stereocenters. The van der Waals surface area contributed by atoms with E-state index >= 15 is 0 Å². The second-order valence-corrected chi connectivity index (χ2v) is 13.4. The van der Waals surface area contributed by atoms with Crippen molar-refractivity contribution in [1.82, 2.24) is 29.9 Å². The molecule has 0 bridgehead atoms. The fraction of sp³-hybridized carbons (Fsp3) is 0. The zero-order valence-corrected chi connectivity index (χ0v) is 30.3. The standard InChI is InChI=1S/C49H29N7O/c50-30-31-22-24-32(25-23-31)33-26-28-37(29-27-33)47-52-46(36-16-8-3-9-17-36)55-49(56-47)40-20-10-18-38-42-39(19-11-21-41(42)57-43(38)40)48-53-44(34-12-4-1-5-13-34)51-45(54-48)35-14-6-2-7-15-35/h1-29H. The number of hydrogen-bond donors (Lipinski definition) is 0. The first-order valence-corrected chi connectivity index (χ1v) is 18.4. The highest BCUT2D eigenvalue weighted by atomic mass is 16.3. The zero-order chi connectivity index (χ0) is 38.1. The number of fused-ring (bicyclic) bond motifs is 3. The van der Waals surface area contributed by atoms with Crippen LogP contribution in [0.1, 0.15) is 5.56 Å². The summed E-state index contributed by atoms with van der Waals surface area (Å²) < 4.78 is 6.71. The molecule has 0 N–H and O–H groups in total. The van der Waals surface area contributed by atoms with Gasteiger partial charge in [0.05, 0.1) is 17.2 Å². The minimum absolute atomic E-state index is 0.485. The van der Waals surface area contributed by atoms with Gasteiger partial charge in [-0.3, -0.25) is 0 Å². The molecule has 0 saturated heterocycles. The molecule has 266 valence electrons. The lowest BCUT2D eigenvalue weighted by atomic mass is 10.0. The molecule has 0 amide bonds. The van der Waals surface area contributed by atoms with Crippen LogP contribution in [0.4, 0.5) is 0 Å². The summed E-state index contributed by atoms with van der Waals surface area (Å²) in [5.74, 6) is 3.28. The van der Waals surface area contributed by atoms with Gasteiger partial charge in [0.1, 0.15) is 11.2 Å². The number of nitrogens with zero attached hydrogens (tertiary/aromatic N) is 7. The van der Waals surface area contributed by atoms with Gasteiger partial charge in [0.15, 0.2) is 34.9 Å². The lowest BCUT2D eigenvalue weighted by Gasteiger charge is -2.10. The summed E-state index contributed by atoms with van der Waals surface area (Å²) in [4.78, 5) is 30.0. The van der Waals surface area contributed by atoms with Crippen LogP contribution in [0.5, 0.6) is 0 Å². The number of hydrogen-bond acceptors (Lipinski definition) is 8. The molecule has 10 rings (SSSR count). The molecule has 0 spiro atoms. The van der Waals surface area contributed by atoms with E-state index in [-0.39, 0.29) is 0 Å². The van der Waals surface area contributed by atoms with Gasteiger partial charge in [-0.1, -0.05) is 152 Å². The van der Waals surface area contributed by atoms with Crippen LogP contribution in [0.2, 0.25) is 0 Å². The van der Waals surface area contributed by atoms with Crippen molar-refractivity contribution in [1.29, 1.82) is 5.26 Å². The number of furan rings is 1. The van der Waals surface area contributed by atoms with Gasteiger partial charge in [0.2, 0.25) is 0 Å². The largest absolute Gasteiger partial charge is 0.455 e. The molecular weight excluding hydrogens is 703 g/mol. The van der Waals surface area contributed by atoms with Crippen molar-refractivity contribution in [2.45, 2.75) is 0 Å². The molecule has 0 aliphatic carbocycles. The van der Waals surface area contributed by atoms with E-state index < -0.39 is 0 Å². The molecule has 3 aromatic heterocycles. The second kappa shape index (κ2) is 14.3. The summed E-state index contributed by atoms with van der Waals surface area (Å²) in [6.07, 6.45) is 0. The Morgan fingerprint density at radius 3 is 1.26 bits per heavy atom. The van der Waals surface area contributed by atoms with E-state index in [0.717, 1.165) is 55.3 Å². The molecule has 8 nitrogen and oxygen atoms in total. The Morgan fingerprint density at radius 1 is 0.351 bits per heavy atom. The summed E-state index contributed by atoms with van der Waals surface area (Å²) in [6, 6.07) is 59.6. The van der Waals surface area contributed by atoms with Crippen LogP contribution in [0.15, 0.2) is 180 Å². The SMILES string of the molecule is N#Cc1ccc(-c2ccc(-c3nc(-c4ccccc4)nc(-c4cccc5c4oc4cccc(-c6nc(-c7ccccc7)nc(-c7ccccc7)n6)c45)n3)cc2)cc1. The predicted molar refractivity (Wildman–Crippen MR) is 223 cm³/mol. The van der Waals surface area contributed by atoms with Gasteiger partial charge >= 0.3 is 0 Å².